The van der Waals surface area contributed by atoms with E-state index in [2.05, 4.69) is 4.72 Å². The lowest BCUT2D eigenvalue weighted by atomic mass is 9.95. The Labute approximate surface area is 146 Å². The fourth-order valence-electron chi connectivity index (χ4n) is 3.40. The Kier molecular flexibility index (Phi) is 4.82. The highest BCUT2D eigenvalue weighted by atomic mass is 32.2. The number of nitrogens with one attached hydrogen (secondary N) is 1. The lowest BCUT2D eigenvalue weighted by Gasteiger charge is -2.21. The quantitative estimate of drug-likeness (QED) is 0.855. The van der Waals surface area contributed by atoms with Gasteiger partial charge in [-0.25, -0.2) is 8.42 Å². The number of benzene rings is 2. The molecule has 2 aromatic carbocycles. The van der Waals surface area contributed by atoms with Gasteiger partial charge in [-0.3, -0.25) is 4.72 Å². The topological polar surface area (TPSA) is 46.2 Å². The molecular formula is C20H27NO2S. The van der Waals surface area contributed by atoms with Crippen LogP contribution in [0.15, 0.2) is 17.0 Å². The Morgan fingerprint density at radius 2 is 1.04 bits per heavy atom. The Morgan fingerprint density at radius 1 is 0.667 bits per heavy atom. The Morgan fingerprint density at radius 3 is 1.46 bits per heavy atom. The number of hydrogen-bond acceptors (Lipinski definition) is 2. The summed E-state index contributed by atoms with van der Waals surface area (Å²) in [4.78, 5) is 0.405. The van der Waals surface area contributed by atoms with Crippen LogP contribution in [-0.4, -0.2) is 8.42 Å². The second-order valence-corrected chi connectivity index (χ2v) is 8.45. The molecule has 1 N–H and O–H groups in total. The van der Waals surface area contributed by atoms with Crippen molar-refractivity contribution in [1.29, 1.82) is 0 Å². The molecule has 2 rings (SSSR count). The SMILES string of the molecule is Cc1cc(C)c(NS(=O)(=O)c2c(C)c(C)c(C)c(C)c2C)c(C)c1. The van der Waals surface area contributed by atoms with Crippen molar-refractivity contribution in [2.75, 3.05) is 4.72 Å². The summed E-state index contributed by atoms with van der Waals surface area (Å²) in [6.07, 6.45) is 0. The summed E-state index contributed by atoms with van der Waals surface area (Å²) in [5, 5.41) is 0. The summed E-state index contributed by atoms with van der Waals surface area (Å²) >= 11 is 0. The summed E-state index contributed by atoms with van der Waals surface area (Å²) in [6, 6.07) is 3.99. The van der Waals surface area contributed by atoms with Gasteiger partial charge < -0.3 is 0 Å². The van der Waals surface area contributed by atoms with Crippen molar-refractivity contribution in [3.8, 4) is 0 Å². The molecule has 0 fully saturated rings. The van der Waals surface area contributed by atoms with Crippen LogP contribution in [0.25, 0.3) is 0 Å². The first-order valence-corrected chi connectivity index (χ1v) is 9.63. The van der Waals surface area contributed by atoms with Crippen LogP contribution < -0.4 is 4.72 Å². The lowest BCUT2D eigenvalue weighted by molar-refractivity contribution is 0.599. The Balaban J connectivity index is 2.66. The van der Waals surface area contributed by atoms with E-state index in [4.69, 9.17) is 0 Å². The highest BCUT2D eigenvalue weighted by molar-refractivity contribution is 7.92. The number of hydrogen-bond donors (Lipinski definition) is 1. The largest absolute Gasteiger partial charge is 0.279 e. The van der Waals surface area contributed by atoms with E-state index in [1.807, 2.05) is 67.5 Å². The van der Waals surface area contributed by atoms with Crippen molar-refractivity contribution in [3.63, 3.8) is 0 Å². The fourth-order valence-corrected chi connectivity index (χ4v) is 5.20. The predicted molar refractivity (Wildman–Crippen MR) is 102 cm³/mol. The van der Waals surface area contributed by atoms with Gasteiger partial charge in [0.1, 0.15) is 0 Å². The maximum absolute atomic E-state index is 13.1. The first kappa shape index (κ1) is 18.5. The average molecular weight is 346 g/mol. The fraction of sp³-hybridized carbons (Fsp3) is 0.400. The number of anilines is 1. The van der Waals surface area contributed by atoms with Gasteiger partial charge in [-0.15, -0.1) is 0 Å². The third kappa shape index (κ3) is 3.07. The normalized spacial score (nSPS) is 11.7. The maximum atomic E-state index is 13.1. The van der Waals surface area contributed by atoms with Crippen LogP contribution in [-0.2, 0) is 10.0 Å². The van der Waals surface area contributed by atoms with Crippen LogP contribution in [0.4, 0.5) is 5.69 Å². The molecule has 0 aliphatic carbocycles. The molecule has 0 bridgehead atoms. The van der Waals surface area contributed by atoms with Gasteiger partial charge in [-0.2, -0.15) is 0 Å². The summed E-state index contributed by atoms with van der Waals surface area (Å²) in [7, 11) is -3.64. The van der Waals surface area contributed by atoms with Gasteiger partial charge >= 0.3 is 0 Å². The van der Waals surface area contributed by atoms with Gasteiger partial charge in [0, 0.05) is 0 Å². The first-order valence-electron chi connectivity index (χ1n) is 8.15. The molecule has 24 heavy (non-hydrogen) atoms. The highest BCUT2D eigenvalue weighted by Gasteiger charge is 2.24. The zero-order chi connectivity index (χ0) is 18.4. The van der Waals surface area contributed by atoms with Gasteiger partial charge in [0.15, 0.2) is 0 Å². The van der Waals surface area contributed by atoms with Crippen LogP contribution in [0.5, 0.6) is 0 Å². The molecule has 0 saturated heterocycles. The molecule has 2 aromatic rings. The molecule has 0 radical (unpaired) electrons. The average Bonchev–Trinajstić information content (AvgIpc) is 2.47. The number of rotatable bonds is 3. The molecule has 0 atom stereocenters. The summed E-state index contributed by atoms with van der Waals surface area (Å²) in [6.45, 7) is 15.7. The smallest absolute Gasteiger partial charge is 0.262 e. The van der Waals surface area contributed by atoms with E-state index in [-0.39, 0.29) is 0 Å². The molecular weight excluding hydrogens is 318 g/mol. The molecule has 0 unspecified atom stereocenters. The zero-order valence-corrected chi connectivity index (χ0v) is 16.7. The van der Waals surface area contributed by atoms with Gasteiger partial charge in [-0.05, 0) is 94.3 Å². The summed E-state index contributed by atoms with van der Waals surface area (Å²) in [5.74, 6) is 0. The van der Waals surface area contributed by atoms with Gasteiger partial charge in [-0.1, -0.05) is 17.7 Å². The van der Waals surface area contributed by atoms with Gasteiger partial charge in [0.2, 0.25) is 0 Å². The molecule has 0 aromatic heterocycles. The van der Waals surface area contributed by atoms with Gasteiger partial charge in [0.05, 0.1) is 10.6 Å². The predicted octanol–water partition coefficient (Wildman–Crippen LogP) is 4.95. The first-order chi connectivity index (χ1) is 11.0. The van der Waals surface area contributed by atoms with E-state index in [1.165, 1.54) is 0 Å². The summed E-state index contributed by atoms with van der Waals surface area (Å²) in [5.41, 5.74) is 8.56. The lowest BCUT2D eigenvalue weighted by Crippen LogP contribution is -2.19. The van der Waals surface area contributed by atoms with Crippen molar-refractivity contribution in [3.05, 3.63) is 56.6 Å². The standard InChI is InChI=1S/C20H27NO2S/c1-11-9-12(2)19(13(3)10-11)21-24(22,23)20-17(7)15(5)14(4)16(6)18(20)8/h9-10,21H,1-8H3. The van der Waals surface area contributed by atoms with Crippen LogP contribution >= 0.6 is 0 Å². The van der Waals surface area contributed by atoms with Crippen molar-refractivity contribution in [1.82, 2.24) is 0 Å². The number of aryl methyl sites for hydroxylation is 3. The van der Waals surface area contributed by atoms with Crippen molar-refractivity contribution < 1.29 is 8.42 Å². The minimum atomic E-state index is -3.64. The third-order valence-corrected chi connectivity index (χ3v) is 6.74. The second-order valence-electron chi connectivity index (χ2n) is 6.83. The van der Waals surface area contributed by atoms with Crippen LogP contribution in [0.2, 0.25) is 0 Å². The molecule has 4 heteroatoms. The molecule has 130 valence electrons. The van der Waals surface area contributed by atoms with E-state index in [1.54, 1.807) is 0 Å². The van der Waals surface area contributed by atoms with E-state index in [0.717, 1.165) is 44.5 Å². The van der Waals surface area contributed by atoms with Crippen molar-refractivity contribution in [2.45, 2.75) is 60.3 Å². The molecule has 0 spiro atoms. The molecule has 3 nitrogen and oxygen atoms in total. The van der Waals surface area contributed by atoms with Crippen LogP contribution in [0.1, 0.15) is 44.5 Å². The molecule has 0 aliphatic rings. The third-order valence-electron chi connectivity index (χ3n) is 5.11. The zero-order valence-electron chi connectivity index (χ0n) is 15.9. The minimum absolute atomic E-state index is 0.405. The van der Waals surface area contributed by atoms with E-state index < -0.39 is 10.0 Å². The maximum Gasteiger partial charge on any atom is 0.262 e. The highest BCUT2D eigenvalue weighted by Crippen LogP contribution is 2.32. The monoisotopic (exact) mass is 345 g/mol. The number of sulfonamides is 1. The molecule has 0 aliphatic heterocycles. The minimum Gasteiger partial charge on any atom is -0.279 e. The summed E-state index contributed by atoms with van der Waals surface area (Å²) < 4.78 is 29.1. The second kappa shape index (κ2) is 6.25. The van der Waals surface area contributed by atoms with E-state index in [0.29, 0.717) is 10.6 Å². The Hall–Kier alpha value is -1.81. The van der Waals surface area contributed by atoms with Crippen molar-refractivity contribution >= 4 is 15.7 Å². The van der Waals surface area contributed by atoms with Crippen molar-refractivity contribution in [2.24, 2.45) is 0 Å². The van der Waals surface area contributed by atoms with E-state index >= 15 is 0 Å². The Bertz CT molecular complexity index is 873. The van der Waals surface area contributed by atoms with Crippen LogP contribution in [0, 0.1) is 55.4 Å². The van der Waals surface area contributed by atoms with Crippen LogP contribution in [0.3, 0.4) is 0 Å². The van der Waals surface area contributed by atoms with E-state index in [9.17, 15) is 8.42 Å². The van der Waals surface area contributed by atoms with Gasteiger partial charge in [0.25, 0.3) is 10.0 Å². The molecule has 0 saturated carbocycles. The molecule has 0 heterocycles. The molecule has 0 amide bonds.